The van der Waals surface area contributed by atoms with Gasteiger partial charge in [0.05, 0.1) is 5.60 Å². The molecule has 1 aromatic carbocycles. The normalized spacial score (nSPS) is 27.5. The molecule has 152 valence electrons. The van der Waals surface area contributed by atoms with Gasteiger partial charge in [-0.3, -0.25) is 9.59 Å². The van der Waals surface area contributed by atoms with E-state index in [9.17, 15) is 14.7 Å². The van der Waals surface area contributed by atoms with Crippen molar-refractivity contribution in [1.82, 2.24) is 9.80 Å². The number of nitrogens with zero attached hydrogens (tertiary/aromatic N) is 2. The van der Waals surface area contributed by atoms with Crippen molar-refractivity contribution in [3.8, 4) is 0 Å². The van der Waals surface area contributed by atoms with Crippen molar-refractivity contribution in [2.24, 2.45) is 11.8 Å². The van der Waals surface area contributed by atoms with Crippen molar-refractivity contribution >= 4 is 11.8 Å². The van der Waals surface area contributed by atoms with Gasteiger partial charge in [0.2, 0.25) is 5.91 Å². The van der Waals surface area contributed by atoms with Crippen molar-refractivity contribution < 1.29 is 14.7 Å². The summed E-state index contributed by atoms with van der Waals surface area (Å²) >= 11 is 0. The van der Waals surface area contributed by atoms with Crippen LogP contribution in [-0.2, 0) is 11.2 Å². The number of hydrogen-bond acceptors (Lipinski definition) is 3. The quantitative estimate of drug-likeness (QED) is 0.868. The third-order valence-corrected chi connectivity index (χ3v) is 6.67. The molecule has 5 heteroatoms. The van der Waals surface area contributed by atoms with E-state index in [1.165, 1.54) is 0 Å². The topological polar surface area (TPSA) is 60.9 Å². The Hall–Kier alpha value is -1.88. The second-order valence-electron chi connectivity index (χ2n) is 9.59. The highest BCUT2D eigenvalue weighted by Gasteiger charge is 2.44. The van der Waals surface area contributed by atoms with Crippen molar-refractivity contribution in [2.45, 2.75) is 64.0 Å². The minimum atomic E-state index is -0.701. The maximum absolute atomic E-state index is 13.2. The van der Waals surface area contributed by atoms with Crippen molar-refractivity contribution in [3.63, 3.8) is 0 Å². The number of benzene rings is 1. The first-order valence-electron chi connectivity index (χ1n) is 10.7. The van der Waals surface area contributed by atoms with Gasteiger partial charge in [-0.1, -0.05) is 12.1 Å². The summed E-state index contributed by atoms with van der Waals surface area (Å²) in [5.41, 5.74) is 1.13. The van der Waals surface area contributed by atoms with Gasteiger partial charge in [-0.2, -0.15) is 0 Å². The fraction of sp³-hybridized carbons (Fsp3) is 0.652. The minimum absolute atomic E-state index is 0.107. The molecule has 0 aliphatic carbocycles. The lowest BCUT2D eigenvalue weighted by Crippen LogP contribution is -2.61. The van der Waals surface area contributed by atoms with Crippen molar-refractivity contribution in [2.75, 3.05) is 19.6 Å². The van der Waals surface area contributed by atoms with Crippen molar-refractivity contribution in [3.05, 3.63) is 35.4 Å². The molecule has 3 aliphatic rings. The summed E-state index contributed by atoms with van der Waals surface area (Å²) in [6, 6.07) is 8.18. The third-order valence-electron chi connectivity index (χ3n) is 6.67. The van der Waals surface area contributed by atoms with Crippen LogP contribution in [0.3, 0.4) is 0 Å². The van der Waals surface area contributed by atoms with Crippen LogP contribution in [0.1, 0.15) is 61.9 Å². The molecule has 3 aliphatic heterocycles. The van der Waals surface area contributed by atoms with Crippen LogP contribution in [0.5, 0.6) is 0 Å². The maximum Gasteiger partial charge on any atom is 0.253 e. The molecular formula is C23H32N2O3. The predicted octanol–water partition coefficient (Wildman–Crippen LogP) is 2.86. The van der Waals surface area contributed by atoms with E-state index < -0.39 is 5.60 Å². The SMILES string of the molecule is CC(C)(O)CCc1cccc(C(=O)N2CC3CC(C2)[C@@H]2CCCC(=O)N2C3)c1. The number of fused-ring (bicyclic) bond motifs is 4. The highest BCUT2D eigenvalue weighted by molar-refractivity contribution is 5.94. The average molecular weight is 385 g/mol. The maximum atomic E-state index is 13.2. The van der Waals surface area contributed by atoms with Gasteiger partial charge in [0.15, 0.2) is 0 Å². The Morgan fingerprint density at radius 2 is 2.07 bits per heavy atom. The number of aliphatic hydroxyl groups is 1. The Balaban J connectivity index is 1.45. The van der Waals surface area contributed by atoms with E-state index in [0.717, 1.165) is 56.4 Å². The largest absolute Gasteiger partial charge is 0.390 e. The van der Waals surface area contributed by atoms with Crippen LogP contribution < -0.4 is 0 Å². The van der Waals surface area contributed by atoms with E-state index in [0.29, 0.717) is 36.6 Å². The summed E-state index contributed by atoms with van der Waals surface area (Å²) < 4.78 is 0. The number of rotatable bonds is 4. The molecule has 28 heavy (non-hydrogen) atoms. The van der Waals surface area contributed by atoms with Gasteiger partial charge < -0.3 is 14.9 Å². The molecule has 3 saturated heterocycles. The van der Waals surface area contributed by atoms with Crippen molar-refractivity contribution in [1.29, 1.82) is 0 Å². The predicted molar refractivity (Wildman–Crippen MR) is 108 cm³/mol. The van der Waals surface area contributed by atoms with Crippen LogP contribution in [0, 0.1) is 11.8 Å². The number of carbonyl (C=O) groups is 2. The lowest BCUT2D eigenvalue weighted by molar-refractivity contribution is -0.144. The Bertz CT molecular complexity index is 754. The molecule has 1 N–H and O–H groups in total. The summed E-state index contributed by atoms with van der Waals surface area (Å²) in [7, 11) is 0. The molecule has 0 spiro atoms. The van der Waals surface area contributed by atoms with Crippen LogP contribution >= 0.6 is 0 Å². The molecule has 1 aromatic rings. The fourth-order valence-corrected chi connectivity index (χ4v) is 5.27. The average Bonchev–Trinajstić information content (AvgIpc) is 2.66. The summed E-state index contributed by atoms with van der Waals surface area (Å²) in [6.07, 6.45) is 5.33. The molecule has 4 rings (SSSR count). The number of piperidine rings is 3. The van der Waals surface area contributed by atoms with Crippen LogP contribution in [0.15, 0.2) is 24.3 Å². The van der Waals surface area contributed by atoms with Crippen LogP contribution in [0.4, 0.5) is 0 Å². The highest BCUT2D eigenvalue weighted by Crippen LogP contribution is 2.38. The van der Waals surface area contributed by atoms with Crippen LogP contribution in [0.2, 0.25) is 0 Å². The first-order valence-corrected chi connectivity index (χ1v) is 10.7. The van der Waals surface area contributed by atoms with Crippen LogP contribution in [0.25, 0.3) is 0 Å². The monoisotopic (exact) mass is 384 g/mol. The fourth-order valence-electron chi connectivity index (χ4n) is 5.27. The van der Waals surface area contributed by atoms with E-state index in [-0.39, 0.29) is 5.91 Å². The Morgan fingerprint density at radius 1 is 1.25 bits per heavy atom. The first kappa shape index (κ1) is 19.4. The van der Waals surface area contributed by atoms with Gasteiger partial charge in [-0.05, 0) is 75.5 Å². The highest BCUT2D eigenvalue weighted by atomic mass is 16.3. The molecule has 2 bridgehead atoms. The molecule has 2 amide bonds. The lowest BCUT2D eigenvalue weighted by Gasteiger charge is -2.52. The number of likely N-dealkylation sites (tertiary alicyclic amines) is 1. The Labute approximate surface area is 167 Å². The Kier molecular flexibility index (Phi) is 5.21. The van der Waals surface area contributed by atoms with Gasteiger partial charge in [-0.15, -0.1) is 0 Å². The molecule has 3 heterocycles. The Morgan fingerprint density at radius 3 is 2.86 bits per heavy atom. The second-order valence-corrected chi connectivity index (χ2v) is 9.59. The van der Waals surface area contributed by atoms with Gasteiger partial charge >= 0.3 is 0 Å². The van der Waals surface area contributed by atoms with Gasteiger partial charge in [-0.25, -0.2) is 0 Å². The van der Waals surface area contributed by atoms with E-state index in [1.807, 2.05) is 43.0 Å². The second kappa shape index (κ2) is 7.51. The van der Waals surface area contributed by atoms with E-state index >= 15 is 0 Å². The van der Waals surface area contributed by atoms with E-state index in [4.69, 9.17) is 0 Å². The zero-order valence-corrected chi connectivity index (χ0v) is 17.1. The number of hydrogen-bond donors (Lipinski definition) is 1. The summed E-state index contributed by atoms with van der Waals surface area (Å²) in [4.78, 5) is 29.6. The summed E-state index contributed by atoms with van der Waals surface area (Å²) in [6.45, 7) is 5.95. The van der Waals surface area contributed by atoms with Gasteiger partial charge in [0.25, 0.3) is 5.91 Å². The zero-order valence-electron chi connectivity index (χ0n) is 17.1. The smallest absolute Gasteiger partial charge is 0.253 e. The molecule has 3 atom stereocenters. The lowest BCUT2D eigenvalue weighted by atomic mass is 9.76. The van der Waals surface area contributed by atoms with Gasteiger partial charge in [0.1, 0.15) is 0 Å². The number of amides is 2. The minimum Gasteiger partial charge on any atom is -0.390 e. The molecule has 2 unspecified atom stereocenters. The summed E-state index contributed by atoms with van der Waals surface area (Å²) in [5.74, 6) is 1.24. The van der Waals surface area contributed by atoms with Crippen LogP contribution in [-0.4, -0.2) is 58.0 Å². The third kappa shape index (κ3) is 4.09. The summed E-state index contributed by atoms with van der Waals surface area (Å²) in [5, 5.41) is 9.96. The molecule has 0 radical (unpaired) electrons. The number of aryl methyl sites for hydroxylation is 1. The number of carbonyl (C=O) groups excluding carboxylic acids is 2. The molecule has 0 saturated carbocycles. The first-order chi connectivity index (χ1) is 13.3. The molecular weight excluding hydrogens is 352 g/mol. The zero-order chi connectivity index (χ0) is 19.9. The molecule has 0 aromatic heterocycles. The van der Waals surface area contributed by atoms with Gasteiger partial charge in [0, 0.05) is 37.7 Å². The van der Waals surface area contributed by atoms with E-state index in [2.05, 4.69) is 4.90 Å². The molecule has 5 nitrogen and oxygen atoms in total. The standard InChI is InChI=1S/C23H32N2O3/c1-23(2,28)10-9-16-5-3-6-18(11-16)22(27)24-13-17-12-19(15-24)20-7-4-8-21(26)25(20)14-17/h3,5-6,11,17,19-20,28H,4,7-10,12-15H2,1-2H3/t17?,19?,20-/m0/s1. The van der Waals surface area contributed by atoms with E-state index in [1.54, 1.807) is 0 Å². The molecule has 3 fully saturated rings.